The molecule has 2 fully saturated rings. The van der Waals surface area contributed by atoms with Gasteiger partial charge >= 0.3 is 0 Å². The summed E-state index contributed by atoms with van der Waals surface area (Å²) in [5.74, 6) is 1.63. The van der Waals surface area contributed by atoms with Crippen molar-refractivity contribution in [1.82, 2.24) is 0 Å². The highest BCUT2D eigenvalue weighted by molar-refractivity contribution is 9.10. The predicted octanol–water partition coefficient (Wildman–Crippen LogP) is 5.33. The lowest BCUT2D eigenvalue weighted by Gasteiger charge is -2.36. The second kappa shape index (κ2) is 4.90. The smallest absolute Gasteiger partial charge is 0.126 e. The largest absolute Gasteiger partial charge is 0.207 e. The second-order valence-corrected chi connectivity index (χ2v) is 7.47. The molecule has 0 amide bonds. The highest BCUT2D eigenvalue weighted by Gasteiger charge is 2.50. The van der Waals surface area contributed by atoms with E-state index in [-0.39, 0.29) is 5.82 Å². The summed E-state index contributed by atoms with van der Waals surface area (Å²) in [5.41, 5.74) is 1.17. The van der Waals surface area contributed by atoms with Crippen molar-refractivity contribution < 1.29 is 4.39 Å². The molecule has 0 N–H and O–H groups in total. The molecule has 3 unspecified atom stereocenters. The number of rotatable bonds is 3. The van der Waals surface area contributed by atoms with Crippen molar-refractivity contribution in [2.45, 2.75) is 32.1 Å². The molecule has 0 aromatic heterocycles. The van der Waals surface area contributed by atoms with E-state index in [1.165, 1.54) is 25.7 Å². The van der Waals surface area contributed by atoms with Crippen molar-refractivity contribution >= 4 is 31.9 Å². The van der Waals surface area contributed by atoms with Gasteiger partial charge in [-0.15, -0.1) is 0 Å². The molecule has 0 nitrogen and oxygen atoms in total. The van der Waals surface area contributed by atoms with Crippen LogP contribution < -0.4 is 0 Å². The van der Waals surface area contributed by atoms with Gasteiger partial charge < -0.3 is 0 Å². The molecule has 0 radical (unpaired) electrons. The zero-order valence-electron chi connectivity index (χ0n) is 10.3. The number of benzene rings is 1. The van der Waals surface area contributed by atoms with Crippen molar-refractivity contribution in [3.63, 3.8) is 0 Å². The molecule has 0 saturated heterocycles. The van der Waals surface area contributed by atoms with Gasteiger partial charge in [-0.05, 0) is 66.7 Å². The number of hydrogen-bond donors (Lipinski definition) is 0. The molecule has 98 valence electrons. The Labute approximate surface area is 125 Å². The van der Waals surface area contributed by atoms with Gasteiger partial charge in [0.05, 0.1) is 0 Å². The maximum absolute atomic E-state index is 13.9. The summed E-state index contributed by atoms with van der Waals surface area (Å²) >= 11 is 7.15. The number of halogens is 3. The molecule has 2 bridgehead atoms. The zero-order valence-corrected chi connectivity index (χ0v) is 13.4. The SMILES string of the molecule is Fc1ccc(Br)cc1CC1(CBr)CC2CCC1C2. The fourth-order valence-electron chi connectivity index (χ4n) is 4.04. The fraction of sp³-hybridized carbons (Fsp3) is 0.600. The van der Waals surface area contributed by atoms with Crippen molar-refractivity contribution in [1.29, 1.82) is 0 Å². The van der Waals surface area contributed by atoms with Crippen LogP contribution in [0.4, 0.5) is 4.39 Å². The molecule has 3 atom stereocenters. The molecule has 0 heterocycles. The first kappa shape index (κ1) is 13.1. The Morgan fingerprint density at radius 1 is 1.33 bits per heavy atom. The second-order valence-electron chi connectivity index (χ2n) is 5.99. The Balaban J connectivity index is 1.88. The van der Waals surface area contributed by atoms with Crippen LogP contribution in [0.2, 0.25) is 0 Å². The summed E-state index contributed by atoms with van der Waals surface area (Å²) in [5, 5.41) is 1.01. The van der Waals surface area contributed by atoms with E-state index in [1.807, 2.05) is 6.07 Å². The van der Waals surface area contributed by atoms with Crippen LogP contribution in [-0.4, -0.2) is 5.33 Å². The van der Waals surface area contributed by atoms with Gasteiger partial charge in [-0.3, -0.25) is 0 Å². The van der Waals surface area contributed by atoms with Gasteiger partial charge in [-0.25, -0.2) is 4.39 Å². The molecule has 2 aliphatic carbocycles. The minimum atomic E-state index is -0.0544. The molecule has 0 spiro atoms. The van der Waals surface area contributed by atoms with E-state index in [9.17, 15) is 4.39 Å². The Hall–Kier alpha value is 0.110. The van der Waals surface area contributed by atoms with E-state index < -0.39 is 0 Å². The van der Waals surface area contributed by atoms with Crippen LogP contribution in [0, 0.1) is 23.1 Å². The monoisotopic (exact) mass is 374 g/mol. The fourth-order valence-corrected chi connectivity index (χ4v) is 5.34. The summed E-state index contributed by atoms with van der Waals surface area (Å²) in [6.07, 6.45) is 6.24. The van der Waals surface area contributed by atoms with Gasteiger partial charge in [0.2, 0.25) is 0 Å². The summed E-state index contributed by atoms with van der Waals surface area (Å²) in [6, 6.07) is 5.31. The van der Waals surface area contributed by atoms with E-state index in [2.05, 4.69) is 31.9 Å². The van der Waals surface area contributed by atoms with Crippen LogP contribution in [-0.2, 0) is 6.42 Å². The summed E-state index contributed by atoms with van der Waals surface area (Å²) in [7, 11) is 0. The standard InChI is InChI=1S/C15H17Br2F/c16-9-15(7-10-1-2-12(15)5-10)8-11-6-13(17)3-4-14(11)18/h3-4,6,10,12H,1-2,5,7-9H2. The van der Waals surface area contributed by atoms with Crippen molar-refractivity contribution in [2.24, 2.45) is 17.3 Å². The predicted molar refractivity (Wildman–Crippen MR) is 79.5 cm³/mol. The maximum atomic E-state index is 13.9. The molecular formula is C15H17Br2F. The van der Waals surface area contributed by atoms with Gasteiger partial charge in [0, 0.05) is 9.80 Å². The quantitative estimate of drug-likeness (QED) is 0.626. The van der Waals surface area contributed by atoms with Crippen molar-refractivity contribution in [2.75, 3.05) is 5.33 Å². The molecule has 0 aliphatic heterocycles. The molecular weight excluding hydrogens is 359 g/mol. The Kier molecular flexibility index (Phi) is 3.57. The van der Waals surface area contributed by atoms with E-state index >= 15 is 0 Å². The minimum absolute atomic E-state index is 0.0544. The number of alkyl halides is 1. The lowest BCUT2D eigenvalue weighted by molar-refractivity contribution is 0.195. The van der Waals surface area contributed by atoms with E-state index in [0.29, 0.717) is 5.41 Å². The minimum Gasteiger partial charge on any atom is -0.207 e. The highest BCUT2D eigenvalue weighted by atomic mass is 79.9. The van der Waals surface area contributed by atoms with Gasteiger partial charge in [-0.2, -0.15) is 0 Å². The average molecular weight is 376 g/mol. The molecule has 2 saturated carbocycles. The lowest BCUT2D eigenvalue weighted by Crippen LogP contribution is -2.32. The van der Waals surface area contributed by atoms with Gasteiger partial charge in [0.15, 0.2) is 0 Å². The van der Waals surface area contributed by atoms with Crippen LogP contribution >= 0.6 is 31.9 Å². The first-order chi connectivity index (χ1) is 8.63. The topological polar surface area (TPSA) is 0 Å². The number of hydrogen-bond acceptors (Lipinski definition) is 0. The van der Waals surface area contributed by atoms with E-state index in [0.717, 1.165) is 33.6 Å². The third-order valence-electron chi connectivity index (χ3n) is 4.92. The first-order valence-corrected chi connectivity index (χ1v) is 8.54. The van der Waals surface area contributed by atoms with Gasteiger partial charge in [-0.1, -0.05) is 38.3 Å². The Morgan fingerprint density at radius 2 is 2.17 bits per heavy atom. The van der Waals surface area contributed by atoms with Gasteiger partial charge in [0.1, 0.15) is 5.82 Å². The van der Waals surface area contributed by atoms with Crippen LogP contribution in [0.25, 0.3) is 0 Å². The van der Waals surface area contributed by atoms with E-state index in [1.54, 1.807) is 12.1 Å². The van der Waals surface area contributed by atoms with Crippen molar-refractivity contribution in [3.8, 4) is 0 Å². The molecule has 18 heavy (non-hydrogen) atoms. The van der Waals surface area contributed by atoms with Crippen LogP contribution in [0.15, 0.2) is 22.7 Å². The zero-order chi connectivity index (χ0) is 12.8. The molecule has 1 aromatic rings. The Bertz CT molecular complexity index is 460. The Morgan fingerprint density at radius 3 is 2.78 bits per heavy atom. The highest BCUT2D eigenvalue weighted by Crippen LogP contribution is 2.58. The van der Waals surface area contributed by atoms with E-state index in [4.69, 9.17) is 0 Å². The van der Waals surface area contributed by atoms with Gasteiger partial charge in [0.25, 0.3) is 0 Å². The average Bonchev–Trinajstić information content (AvgIpc) is 2.94. The third-order valence-corrected chi connectivity index (χ3v) is 6.53. The maximum Gasteiger partial charge on any atom is 0.126 e. The lowest BCUT2D eigenvalue weighted by atomic mass is 9.71. The van der Waals surface area contributed by atoms with Crippen LogP contribution in [0.1, 0.15) is 31.2 Å². The molecule has 3 rings (SSSR count). The summed E-state index contributed by atoms with van der Waals surface area (Å²) in [4.78, 5) is 0. The summed E-state index contributed by atoms with van der Waals surface area (Å²) in [6.45, 7) is 0. The third kappa shape index (κ3) is 2.18. The van der Waals surface area contributed by atoms with Crippen LogP contribution in [0.5, 0.6) is 0 Å². The van der Waals surface area contributed by atoms with Crippen molar-refractivity contribution in [3.05, 3.63) is 34.1 Å². The number of fused-ring (bicyclic) bond motifs is 2. The summed E-state index contributed by atoms with van der Waals surface area (Å²) < 4.78 is 14.9. The first-order valence-electron chi connectivity index (χ1n) is 6.63. The normalized spacial score (nSPS) is 34.2. The molecule has 2 aliphatic rings. The molecule has 3 heteroatoms. The van der Waals surface area contributed by atoms with Crippen LogP contribution in [0.3, 0.4) is 0 Å². The molecule has 1 aromatic carbocycles.